The van der Waals surface area contributed by atoms with Crippen molar-refractivity contribution < 1.29 is 23.7 Å². The monoisotopic (exact) mass is 548 g/mol. The van der Waals surface area contributed by atoms with E-state index in [1.807, 2.05) is 121 Å². The van der Waals surface area contributed by atoms with Gasteiger partial charge >= 0.3 is 0 Å². The molecule has 0 N–H and O–H groups in total. The molecule has 210 valence electrons. The van der Waals surface area contributed by atoms with E-state index in [1.165, 1.54) is 0 Å². The van der Waals surface area contributed by atoms with E-state index in [9.17, 15) is 0 Å². The zero-order valence-corrected chi connectivity index (χ0v) is 23.1. The van der Waals surface area contributed by atoms with Crippen molar-refractivity contribution in [1.29, 1.82) is 0 Å². The predicted molar refractivity (Wildman–Crippen MR) is 159 cm³/mol. The average molecular weight is 549 g/mol. The number of ether oxygens (including phenoxy) is 5. The fraction of sp³-hybridized carbons (Fsp3) is 0.278. The van der Waals surface area contributed by atoms with Gasteiger partial charge in [0.05, 0.1) is 33.0 Å². The Morgan fingerprint density at radius 3 is 1.34 bits per heavy atom. The van der Waals surface area contributed by atoms with Gasteiger partial charge in [0.1, 0.15) is 30.5 Å². The summed E-state index contributed by atoms with van der Waals surface area (Å²) in [5, 5.41) is 0. The summed E-state index contributed by atoms with van der Waals surface area (Å²) in [6, 6.07) is 40.2. The lowest BCUT2D eigenvalue weighted by atomic mass is 9.94. The zero-order chi connectivity index (χ0) is 28.1. The standard InChI is InChI=1S/C36H36O5/c1-2-32-34(38-24-29-17-9-4-10-18-29)36(40-26-31-21-13-6-14-22-31)35(39-25-30-19-11-5-12-20-30)33(41-32)27-37-23-28-15-7-3-8-16-28/h1,3-22,32-36H,23-27H2/t32-,33-,34-,35-,36?/m1/s1. The maximum atomic E-state index is 6.62. The van der Waals surface area contributed by atoms with Crippen LogP contribution in [-0.2, 0) is 50.1 Å². The lowest BCUT2D eigenvalue weighted by Crippen LogP contribution is -2.60. The van der Waals surface area contributed by atoms with Crippen LogP contribution in [0.4, 0.5) is 0 Å². The Hall–Kier alpha value is -3.76. The minimum atomic E-state index is -0.638. The Morgan fingerprint density at radius 2 is 0.902 bits per heavy atom. The largest absolute Gasteiger partial charge is 0.374 e. The van der Waals surface area contributed by atoms with Gasteiger partial charge in [-0.25, -0.2) is 0 Å². The third-order valence-corrected chi connectivity index (χ3v) is 7.05. The van der Waals surface area contributed by atoms with Crippen LogP contribution in [0.15, 0.2) is 121 Å². The summed E-state index contributed by atoms with van der Waals surface area (Å²) in [5.74, 6) is 2.81. The van der Waals surface area contributed by atoms with Gasteiger partial charge in [-0.05, 0) is 22.3 Å². The van der Waals surface area contributed by atoms with Crippen LogP contribution in [0.1, 0.15) is 22.3 Å². The minimum Gasteiger partial charge on any atom is -0.374 e. The highest BCUT2D eigenvalue weighted by molar-refractivity contribution is 5.17. The molecule has 1 saturated heterocycles. The number of terminal acetylenes is 1. The highest BCUT2D eigenvalue weighted by atomic mass is 16.6. The normalized spacial score (nSPS) is 22.2. The fourth-order valence-corrected chi connectivity index (χ4v) is 4.92. The Kier molecular flexibility index (Phi) is 10.7. The van der Waals surface area contributed by atoms with E-state index in [2.05, 4.69) is 5.92 Å². The van der Waals surface area contributed by atoms with Crippen molar-refractivity contribution in [3.8, 4) is 12.3 Å². The molecule has 0 amide bonds. The molecule has 1 aliphatic heterocycles. The van der Waals surface area contributed by atoms with Crippen LogP contribution in [0, 0.1) is 12.3 Å². The molecule has 0 bridgehead atoms. The summed E-state index contributed by atoms with van der Waals surface area (Å²) in [6.07, 6.45) is 3.41. The van der Waals surface area contributed by atoms with Gasteiger partial charge in [-0.3, -0.25) is 0 Å². The van der Waals surface area contributed by atoms with Crippen LogP contribution in [0.5, 0.6) is 0 Å². The van der Waals surface area contributed by atoms with Gasteiger partial charge in [-0.2, -0.15) is 0 Å². The SMILES string of the molecule is C#C[C@H]1O[C@H](COCc2ccccc2)[C@@H](OCc2ccccc2)C(OCc2ccccc2)[C@@H]1OCc1ccccc1. The molecule has 5 nitrogen and oxygen atoms in total. The molecule has 5 heteroatoms. The Bertz CT molecular complexity index is 1320. The van der Waals surface area contributed by atoms with Gasteiger partial charge in [-0.15, -0.1) is 6.42 Å². The minimum absolute atomic E-state index is 0.295. The second-order valence-electron chi connectivity index (χ2n) is 10.0. The summed E-state index contributed by atoms with van der Waals surface area (Å²) in [6.45, 7) is 1.90. The van der Waals surface area contributed by atoms with Crippen molar-refractivity contribution in [2.24, 2.45) is 0 Å². The Labute approximate surface area is 243 Å². The predicted octanol–water partition coefficient (Wildman–Crippen LogP) is 6.36. The van der Waals surface area contributed by atoms with Gasteiger partial charge in [0.25, 0.3) is 0 Å². The van der Waals surface area contributed by atoms with Gasteiger partial charge in [-0.1, -0.05) is 127 Å². The highest BCUT2D eigenvalue weighted by Gasteiger charge is 2.48. The summed E-state index contributed by atoms with van der Waals surface area (Å²) in [7, 11) is 0. The number of hydrogen-bond acceptors (Lipinski definition) is 5. The zero-order valence-electron chi connectivity index (χ0n) is 23.1. The van der Waals surface area contributed by atoms with E-state index in [4.69, 9.17) is 30.1 Å². The second-order valence-corrected chi connectivity index (χ2v) is 10.0. The number of rotatable bonds is 13. The van der Waals surface area contributed by atoms with E-state index in [1.54, 1.807) is 0 Å². The third-order valence-electron chi connectivity index (χ3n) is 7.05. The Morgan fingerprint density at radius 1 is 0.512 bits per heavy atom. The first-order chi connectivity index (χ1) is 20.3. The van der Waals surface area contributed by atoms with Gasteiger partial charge in [0.15, 0.2) is 0 Å². The van der Waals surface area contributed by atoms with E-state index in [0.717, 1.165) is 22.3 Å². The van der Waals surface area contributed by atoms with Crippen LogP contribution >= 0.6 is 0 Å². The molecular formula is C36H36O5. The summed E-state index contributed by atoms with van der Waals surface area (Å²) in [4.78, 5) is 0. The molecule has 4 aromatic rings. The van der Waals surface area contributed by atoms with Crippen LogP contribution in [0.25, 0.3) is 0 Å². The van der Waals surface area contributed by atoms with Gasteiger partial charge in [0, 0.05) is 0 Å². The summed E-state index contributed by atoms with van der Waals surface area (Å²) < 4.78 is 32.3. The lowest BCUT2D eigenvalue weighted by Gasteiger charge is -2.44. The van der Waals surface area contributed by atoms with Crippen molar-refractivity contribution in [1.82, 2.24) is 0 Å². The van der Waals surface area contributed by atoms with Gasteiger partial charge < -0.3 is 23.7 Å². The molecule has 0 aliphatic carbocycles. The lowest BCUT2D eigenvalue weighted by molar-refractivity contribution is -0.261. The van der Waals surface area contributed by atoms with Crippen LogP contribution in [-0.4, -0.2) is 37.1 Å². The maximum Gasteiger partial charge on any atom is 0.147 e. The molecular weight excluding hydrogens is 512 g/mol. The quantitative estimate of drug-likeness (QED) is 0.182. The topological polar surface area (TPSA) is 46.2 Å². The van der Waals surface area contributed by atoms with E-state index < -0.39 is 30.5 Å². The molecule has 0 saturated carbocycles. The van der Waals surface area contributed by atoms with Crippen molar-refractivity contribution in [3.63, 3.8) is 0 Å². The van der Waals surface area contributed by atoms with Crippen molar-refractivity contribution in [2.45, 2.75) is 56.9 Å². The van der Waals surface area contributed by atoms with Crippen molar-refractivity contribution in [2.75, 3.05) is 6.61 Å². The van der Waals surface area contributed by atoms with E-state index in [0.29, 0.717) is 33.0 Å². The maximum absolute atomic E-state index is 6.62. The molecule has 0 spiro atoms. The van der Waals surface area contributed by atoms with Crippen molar-refractivity contribution >= 4 is 0 Å². The number of benzene rings is 4. The van der Waals surface area contributed by atoms with Crippen LogP contribution < -0.4 is 0 Å². The van der Waals surface area contributed by atoms with Crippen LogP contribution in [0.3, 0.4) is 0 Å². The smallest absolute Gasteiger partial charge is 0.147 e. The molecule has 41 heavy (non-hydrogen) atoms. The Balaban J connectivity index is 1.39. The van der Waals surface area contributed by atoms with Gasteiger partial charge in [0.2, 0.25) is 0 Å². The molecule has 5 rings (SSSR count). The molecule has 4 aromatic carbocycles. The van der Waals surface area contributed by atoms with E-state index in [-0.39, 0.29) is 0 Å². The fourth-order valence-electron chi connectivity index (χ4n) is 4.92. The van der Waals surface area contributed by atoms with Crippen LogP contribution in [0.2, 0.25) is 0 Å². The van der Waals surface area contributed by atoms with Crippen molar-refractivity contribution in [3.05, 3.63) is 144 Å². The molecule has 1 heterocycles. The average Bonchev–Trinajstić information content (AvgIpc) is 3.04. The molecule has 0 aromatic heterocycles. The second kappa shape index (κ2) is 15.3. The summed E-state index contributed by atoms with van der Waals surface area (Å²) >= 11 is 0. The first kappa shape index (κ1) is 28.8. The molecule has 1 unspecified atom stereocenters. The summed E-state index contributed by atoms with van der Waals surface area (Å²) in [5.41, 5.74) is 4.23. The molecule has 5 atom stereocenters. The molecule has 1 aliphatic rings. The number of hydrogen-bond donors (Lipinski definition) is 0. The molecule has 0 radical (unpaired) electrons. The first-order valence-corrected chi connectivity index (χ1v) is 14.0. The first-order valence-electron chi connectivity index (χ1n) is 14.0. The third kappa shape index (κ3) is 8.37. The van der Waals surface area contributed by atoms with E-state index >= 15 is 0 Å². The molecule has 1 fully saturated rings. The highest BCUT2D eigenvalue weighted by Crippen LogP contribution is 2.31.